The van der Waals surface area contributed by atoms with Crippen molar-refractivity contribution in [3.63, 3.8) is 0 Å². The number of benzene rings is 2. The van der Waals surface area contributed by atoms with Gasteiger partial charge in [-0.15, -0.1) is 0 Å². The second-order valence-corrected chi connectivity index (χ2v) is 9.08. The van der Waals surface area contributed by atoms with E-state index in [1.165, 1.54) is 22.9 Å². The molecule has 1 saturated heterocycles. The number of thiocarbonyl (C=S) groups is 1. The molecule has 1 aliphatic heterocycles. The Morgan fingerprint density at radius 3 is 2.19 bits per heavy atom. The predicted octanol–water partition coefficient (Wildman–Crippen LogP) is 5.95. The van der Waals surface area contributed by atoms with E-state index in [0.29, 0.717) is 9.23 Å². The summed E-state index contributed by atoms with van der Waals surface area (Å²) in [5, 5.41) is 0. The highest BCUT2D eigenvalue weighted by atomic mass is 32.2. The number of thioether (sulfide) groups is 1. The van der Waals surface area contributed by atoms with Crippen molar-refractivity contribution < 1.29 is 4.79 Å². The molecule has 0 bridgehead atoms. The van der Waals surface area contributed by atoms with Crippen LogP contribution in [0.25, 0.3) is 6.08 Å². The molecule has 2 nitrogen and oxygen atoms in total. The van der Waals surface area contributed by atoms with Gasteiger partial charge >= 0.3 is 0 Å². The van der Waals surface area contributed by atoms with Crippen LogP contribution in [0.4, 0.5) is 5.69 Å². The van der Waals surface area contributed by atoms with E-state index in [9.17, 15) is 4.79 Å². The Kier molecular flexibility index (Phi) is 5.35. The van der Waals surface area contributed by atoms with Gasteiger partial charge in [-0.2, -0.15) is 0 Å². The molecule has 0 saturated carbocycles. The lowest BCUT2D eigenvalue weighted by molar-refractivity contribution is -0.113. The maximum absolute atomic E-state index is 12.9. The first kappa shape index (κ1) is 18.9. The lowest BCUT2D eigenvalue weighted by Gasteiger charge is -2.18. The number of carbonyl (C=O) groups is 1. The average molecular weight is 382 g/mol. The highest BCUT2D eigenvalue weighted by molar-refractivity contribution is 8.27. The molecule has 2 aromatic carbocycles. The Labute approximate surface area is 165 Å². The standard InChI is InChI=1S/C22H23NOS2/c1-5-15-8-12-18(13-9-15)23-20(24)19(26-21(23)25)14-16-6-10-17(11-7-16)22(2,3)4/h6-14H,5H2,1-4H3/b19-14-. The van der Waals surface area contributed by atoms with Gasteiger partial charge in [-0.05, 0) is 46.7 Å². The fourth-order valence-electron chi connectivity index (χ4n) is 2.80. The van der Waals surface area contributed by atoms with E-state index >= 15 is 0 Å². The molecule has 3 rings (SSSR count). The molecule has 1 aliphatic rings. The van der Waals surface area contributed by atoms with Crippen LogP contribution in [0.5, 0.6) is 0 Å². The highest BCUT2D eigenvalue weighted by Gasteiger charge is 2.33. The third kappa shape index (κ3) is 3.92. The monoisotopic (exact) mass is 381 g/mol. The normalized spacial score (nSPS) is 16.6. The number of hydrogen-bond donors (Lipinski definition) is 0. The number of nitrogens with zero attached hydrogens (tertiary/aromatic N) is 1. The number of rotatable bonds is 3. The molecule has 0 radical (unpaired) electrons. The van der Waals surface area contributed by atoms with E-state index in [1.807, 2.05) is 30.3 Å². The average Bonchev–Trinajstić information content (AvgIpc) is 2.88. The Bertz CT molecular complexity index is 859. The molecule has 26 heavy (non-hydrogen) atoms. The van der Waals surface area contributed by atoms with Crippen molar-refractivity contribution in [1.29, 1.82) is 0 Å². The van der Waals surface area contributed by atoms with Crippen LogP contribution in [0.1, 0.15) is 44.4 Å². The number of hydrogen-bond acceptors (Lipinski definition) is 3. The summed E-state index contributed by atoms with van der Waals surface area (Å²) in [5.74, 6) is -0.0517. The minimum atomic E-state index is -0.0517. The lowest BCUT2D eigenvalue weighted by Crippen LogP contribution is -2.27. The topological polar surface area (TPSA) is 20.3 Å². The van der Waals surface area contributed by atoms with Crippen molar-refractivity contribution in [3.05, 3.63) is 70.1 Å². The largest absolute Gasteiger partial charge is 0.270 e. The van der Waals surface area contributed by atoms with Gasteiger partial charge in [0.15, 0.2) is 4.32 Å². The highest BCUT2D eigenvalue weighted by Crippen LogP contribution is 2.36. The summed E-state index contributed by atoms with van der Waals surface area (Å²) in [4.78, 5) is 15.1. The van der Waals surface area contributed by atoms with Crippen molar-refractivity contribution in [2.45, 2.75) is 39.5 Å². The molecule has 0 atom stereocenters. The van der Waals surface area contributed by atoms with Crippen molar-refractivity contribution in [1.82, 2.24) is 0 Å². The number of anilines is 1. The molecule has 1 heterocycles. The molecule has 1 amide bonds. The maximum atomic E-state index is 12.9. The summed E-state index contributed by atoms with van der Waals surface area (Å²) in [6.07, 6.45) is 2.90. The second-order valence-electron chi connectivity index (χ2n) is 7.41. The van der Waals surface area contributed by atoms with Crippen molar-refractivity contribution in [3.8, 4) is 0 Å². The van der Waals surface area contributed by atoms with Crippen LogP contribution in [-0.2, 0) is 16.6 Å². The lowest BCUT2D eigenvalue weighted by atomic mass is 9.87. The van der Waals surface area contributed by atoms with Crippen molar-refractivity contribution in [2.75, 3.05) is 4.90 Å². The van der Waals surface area contributed by atoms with Gasteiger partial charge in [0.05, 0.1) is 10.6 Å². The first-order valence-corrected chi connectivity index (χ1v) is 9.99. The zero-order valence-corrected chi connectivity index (χ0v) is 17.2. The van der Waals surface area contributed by atoms with Crippen LogP contribution in [0.3, 0.4) is 0 Å². The van der Waals surface area contributed by atoms with Crippen LogP contribution in [0.15, 0.2) is 53.4 Å². The molecule has 2 aromatic rings. The van der Waals surface area contributed by atoms with Crippen molar-refractivity contribution >= 4 is 46.0 Å². The zero-order chi connectivity index (χ0) is 18.9. The molecule has 0 aromatic heterocycles. The molecular formula is C22H23NOS2. The van der Waals surface area contributed by atoms with Gasteiger partial charge in [0.2, 0.25) is 0 Å². The summed E-state index contributed by atoms with van der Waals surface area (Å²) in [7, 11) is 0. The Morgan fingerprint density at radius 1 is 1.04 bits per heavy atom. The van der Waals surface area contributed by atoms with E-state index < -0.39 is 0 Å². The molecule has 0 unspecified atom stereocenters. The van der Waals surface area contributed by atoms with Crippen LogP contribution in [-0.4, -0.2) is 10.2 Å². The van der Waals surface area contributed by atoms with Gasteiger partial charge in [-0.3, -0.25) is 9.69 Å². The first-order chi connectivity index (χ1) is 12.3. The summed E-state index contributed by atoms with van der Waals surface area (Å²) in [6, 6.07) is 16.4. The van der Waals surface area contributed by atoms with Crippen LogP contribution in [0.2, 0.25) is 0 Å². The second kappa shape index (κ2) is 7.37. The van der Waals surface area contributed by atoms with E-state index in [1.54, 1.807) is 4.90 Å². The third-order valence-corrected chi connectivity index (χ3v) is 5.77. The SMILES string of the molecule is CCc1ccc(N2C(=O)/C(=C/c3ccc(C(C)(C)C)cc3)SC2=S)cc1. The van der Waals surface area contributed by atoms with E-state index in [0.717, 1.165) is 17.7 Å². The van der Waals surface area contributed by atoms with Gasteiger partial charge in [0, 0.05) is 0 Å². The molecule has 0 aliphatic carbocycles. The van der Waals surface area contributed by atoms with Crippen LogP contribution < -0.4 is 4.90 Å². The summed E-state index contributed by atoms with van der Waals surface area (Å²) >= 11 is 6.81. The van der Waals surface area contributed by atoms with Gasteiger partial charge in [-0.1, -0.05) is 88.1 Å². The summed E-state index contributed by atoms with van der Waals surface area (Å²) in [6.45, 7) is 8.69. The molecule has 0 N–H and O–H groups in total. The molecule has 1 fully saturated rings. The fourth-order valence-corrected chi connectivity index (χ4v) is 4.10. The third-order valence-electron chi connectivity index (χ3n) is 4.47. The molecule has 0 spiro atoms. The number of aryl methyl sites for hydroxylation is 1. The van der Waals surface area contributed by atoms with Gasteiger partial charge in [0.25, 0.3) is 5.91 Å². The fraction of sp³-hybridized carbons (Fsp3) is 0.273. The van der Waals surface area contributed by atoms with Crippen molar-refractivity contribution in [2.24, 2.45) is 0 Å². The molecule has 4 heteroatoms. The minimum absolute atomic E-state index is 0.0517. The van der Waals surface area contributed by atoms with Gasteiger partial charge in [-0.25, -0.2) is 0 Å². The van der Waals surface area contributed by atoms with E-state index in [4.69, 9.17) is 12.2 Å². The first-order valence-electron chi connectivity index (χ1n) is 8.77. The maximum Gasteiger partial charge on any atom is 0.270 e. The minimum Gasteiger partial charge on any atom is -0.268 e. The number of amides is 1. The van der Waals surface area contributed by atoms with E-state index in [2.05, 4.69) is 52.0 Å². The van der Waals surface area contributed by atoms with E-state index in [-0.39, 0.29) is 11.3 Å². The quantitative estimate of drug-likeness (QED) is 0.484. The Morgan fingerprint density at radius 2 is 1.65 bits per heavy atom. The number of carbonyl (C=O) groups excluding carboxylic acids is 1. The smallest absolute Gasteiger partial charge is 0.268 e. The summed E-state index contributed by atoms with van der Waals surface area (Å²) in [5.41, 5.74) is 4.48. The van der Waals surface area contributed by atoms with Gasteiger partial charge < -0.3 is 0 Å². The molecule has 134 valence electrons. The van der Waals surface area contributed by atoms with Crippen LogP contribution in [0, 0.1) is 0 Å². The van der Waals surface area contributed by atoms with Gasteiger partial charge in [0.1, 0.15) is 0 Å². The molecular weight excluding hydrogens is 358 g/mol. The Hall–Kier alpha value is -1.91. The predicted molar refractivity (Wildman–Crippen MR) is 117 cm³/mol. The Balaban J connectivity index is 1.84. The van der Waals surface area contributed by atoms with Crippen LogP contribution >= 0.6 is 24.0 Å². The summed E-state index contributed by atoms with van der Waals surface area (Å²) < 4.78 is 0.580. The zero-order valence-electron chi connectivity index (χ0n) is 15.6.